The quantitative estimate of drug-likeness (QED) is 0.295. The molecule has 1 saturated heterocycles. The Morgan fingerprint density at radius 1 is 1.45 bits per heavy atom. The van der Waals surface area contributed by atoms with Crippen molar-refractivity contribution in [3.63, 3.8) is 0 Å². The fourth-order valence-corrected chi connectivity index (χ4v) is 2.25. The lowest BCUT2D eigenvalue weighted by molar-refractivity contribution is 0.0885. The second-order valence-electron chi connectivity index (χ2n) is 4.95. The number of nitrogens with zero attached hydrogens (tertiary/aromatic N) is 4. The van der Waals surface area contributed by atoms with Crippen LogP contribution in [0.2, 0.25) is 0 Å². The summed E-state index contributed by atoms with van der Waals surface area (Å²) in [6, 6.07) is 0. The van der Waals surface area contributed by atoms with Crippen molar-refractivity contribution >= 4 is 11.7 Å². The Labute approximate surface area is 116 Å². The first-order valence-corrected chi connectivity index (χ1v) is 6.31. The van der Waals surface area contributed by atoms with Crippen LogP contribution in [0.3, 0.4) is 0 Å². The van der Waals surface area contributed by atoms with E-state index >= 15 is 0 Å². The zero-order chi connectivity index (χ0) is 14.6. The molecule has 4 N–H and O–H groups in total. The normalized spacial score (nSPS) is 19.6. The summed E-state index contributed by atoms with van der Waals surface area (Å²) in [6.45, 7) is 1.50. The topological polar surface area (TPSA) is 117 Å². The molecule has 0 unspecified atom stereocenters. The van der Waals surface area contributed by atoms with E-state index in [0.29, 0.717) is 18.4 Å². The summed E-state index contributed by atoms with van der Waals surface area (Å²) in [5.41, 5.74) is 5.31. The number of carbonyl (C=O) groups is 1. The molecule has 1 aliphatic heterocycles. The fourth-order valence-electron chi connectivity index (χ4n) is 2.25. The number of rotatable bonds is 3. The molecular formula is C12H18N6O2. The van der Waals surface area contributed by atoms with Gasteiger partial charge in [0.2, 0.25) is 0 Å². The van der Waals surface area contributed by atoms with Gasteiger partial charge in [0.15, 0.2) is 5.84 Å². The highest BCUT2D eigenvalue weighted by molar-refractivity contribution is 6.00. The number of nitrogens with two attached hydrogens (primary N) is 1. The number of piperidine rings is 1. The predicted molar refractivity (Wildman–Crippen MR) is 72.4 cm³/mol. The van der Waals surface area contributed by atoms with E-state index in [2.05, 4.69) is 25.3 Å². The number of amides is 1. The number of oxime groups is 1. The number of carbonyl (C=O) groups excluding carboxylic acids is 1. The molecule has 1 aliphatic rings. The van der Waals surface area contributed by atoms with E-state index in [0.717, 1.165) is 13.1 Å². The Kier molecular flexibility index (Phi) is 4.14. The first kappa shape index (κ1) is 14.2. The number of hydrogen-bond donors (Lipinski definition) is 3. The molecular weight excluding hydrogens is 260 g/mol. The van der Waals surface area contributed by atoms with Crippen LogP contribution in [0.25, 0.3) is 0 Å². The Bertz CT molecular complexity index is 496. The molecule has 0 atom stereocenters. The molecule has 108 valence electrons. The molecule has 2 heterocycles. The highest BCUT2D eigenvalue weighted by Crippen LogP contribution is 2.22. The number of hydrogen-bond acceptors (Lipinski definition) is 6. The molecule has 1 aromatic heterocycles. The van der Waals surface area contributed by atoms with Crippen molar-refractivity contribution in [1.29, 1.82) is 0 Å². The summed E-state index contributed by atoms with van der Waals surface area (Å²) in [4.78, 5) is 22.0. The zero-order valence-electron chi connectivity index (χ0n) is 11.3. The van der Waals surface area contributed by atoms with Crippen LogP contribution in [0.15, 0.2) is 23.9 Å². The van der Waals surface area contributed by atoms with E-state index in [9.17, 15) is 4.79 Å². The van der Waals surface area contributed by atoms with E-state index in [1.165, 1.54) is 18.7 Å². The summed E-state index contributed by atoms with van der Waals surface area (Å²) in [7, 11) is 1.99. The maximum atomic E-state index is 12.2. The third-order valence-electron chi connectivity index (χ3n) is 3.61. The van der Waals surface area contributed by atoms with Gasteiger partial charge < -0.3 is 21.2 Å². The maximum Gasteiger partial charge on any atom is 0.255 e. The SMILES string of the molecule is CN1CCC(NC(=O)c2cncnc2)(C(N)=NO)CC1. The number of nitrogens with one attached hydrogen (secondary N) is 1. The van der Waals surface area contributed by atoms with Crippen molar-refractivity contribution in [3.8, 4) is 0 Å². The smallest absolute Gasteiger partial charge is 0.255 e. The third kappa shape index (κ3) is 2.85. The second-order valence-corrected chi connectivity index (χ2v) is 4.95. The van der Waals surface area contributed by atoms with Crippen LogP contribution in [0, 0.1) is 0 Å². The van der Waals surface area contributed by atoms with E-state index in [4.69, 9.17) is 10.9 Å². The number of amidine groups is 1. The minimum atomic E-state index is -0.825. The minimum absolute atomic E-state index is 0.0239. The van der Waals surface area contributed by atoms with Crippen LogP contribution in [0.5, 0.6) is 0 Å². The van der Waals surface area contributed by atoms with Gasteiger partial charge in [-0.05, 0) is 19.9 Å². The van der Waals surface area contributed by atoms with E-state index in [-0.39, 0.29) is 11.7 Å². The first-order valence-electron chi connectivity index (χ1n) is 6.31. The zero-order valence-corrected chi connectivity index (χ0v) is 11.3. The molecule has 0 radical (unpaired) electrons. The predicted octanol–water partition coefficient (Wildman–Crippen LogP) is -0.583. The van der Waals surface area contributed by atoms with Gasteiger partial charge in [-0.25, -0.2) is 9.97 Å². The molecule has 8 heteroatoms. The van der Waals surface area contributed by atoms with E-state index < -0.39 is 5.54 Å². The Morgan fingerprint density at radius 3 is 2.60 bits per heavy atom. The number of likely N-dealkylation sites (tertiary alicyclic amines) is 1. The largest absolute Gasteiger partial charge is 0.409 e. The summed E-state index contributed by atoms with van der Waals surface area (Å²) in [5, 5.41) is 14.9. The van der Waals surface area contributed by atoms with Crippen molar-refractivity contribution in [2.75, 3.05) is 20.1 Å². The van der Waals surface area contributed by atoms with Crippen molar-refractivity contribution in [3.05, 3.63) is 24.3 Å². The lowest BCUT2D eigenvalue weighted by Crippen LogP contribution is -2.62. The summed E-state index contributed by atoms with van der Waals surface area (Å²) < 4.78 is 0. The molecule has 0 saturated carbocycles. The van der Waals surface area contributed by atoms with E-state index in [1.54, 1.807) is 0 Å². The average molecular weight is 278 g/mol. The molecule has 1 fully saturated rings. The molecule has 20 heavy (non-hydrogen) atoms. The maximum absolute atomic E-state index is 12.2. The van der Waals surface area contributed by atoms with Gasteiger partial charge in [-0.15, -0.1) is 0 Å². The first-order chi connectivity index (χ1) is 9.57. The van der Waals surface area contributed by atoms with Crippen molar-refractivity contribution in [2.24, 2.45) is 10.9 Å². The summed E-state index contributed by atoms with van der Waals surface area (Å²) in [5.74, 6) is -0.308. The molecule has 1 amide bonds. The molecule has 8 nitrogen and oxygen atoms in total. The molecule has 0 bridgehead atoms. The van der Waals surface area contributed by atoms with Gasteiger partial charge in [-0.2, -0.15) is 0 Å². The van der Waals surface area contributed by atoms with Crippen molar-refractivity contribution < 1.29 is 10.0 Å². The number of aromatic nitrogens is 2. The van der Waals surface area contributed by atoms with Crippen LogP contribution in [0.1, 0.15) is 23.2 Å². The Balaban J connectivity index is 2.19. The summed E-state index contributed by atoms with van der Waals surface area (Å²) >= 11 is 0. The van der Waals surface area contributed by atoms with Gasteiger partial charge in [0.25, 0.3) is 5.91 Å². The Hall–Kier alpha value is -2.22. The van der Waals surface area contributed by atoms with Crippen LogP contribution in [-0.4, -0.2) is 57.5 Å². The van der Waals surface area contributed by atoms with Gasteiger partial charge in [0.1, 0.15) is 11.9 Å². The monoisotopic (exact) mass is 278 g/mol. The van der Waals surface area contributed by atoms with Crippen LogP contribution in [0.4, 0.5) is 0 Å². The highest BCUT2D eigenvalue weighted by Gasteiger charge is 2.39. The van der Waals surface area contributed by atoms with Gasteiger partial charge in [-0.1, -0.05) is 5.16 Å². The molecule has 0 aromatic carbocycles. The molecule has 1 aromatic rings. The van der Waals surface area contributed by atoms with Gasteiger partial charge in [0.05, 0.1) is 5.56 Å². The highest BCUT2D eigenvalue weighted by atomic mass is 16.4. The average Bonchev–Trinajstić information content (AvgIpc) is 2.49. The molecule has 2 rings (SSSR count). The van der Waals surface area contributed by atoms with E-state index in [1.807, 2.05) is 7.05 Å². The van der Waals surface area contributed by atoms with Gasteiger partial charge in [-0.3, -0.25) is 4.79 Å². The summed E-state index contributed by atoms with van der Waals surface area (Å²) in [6.07, 6.45) is 5.37. The third-order valence-corrected chi connectivity index (χ3v) is 3.61. The van der Waals surface area contributed by atoms with Gasteiger partial charge >= 0.3 is 0 Å². The van der Waals surface area contributed by atoms with Crippen LogP contribution < -0.4 is 11.1 Å². The minimum Gasteiger partial charge on any atom is -0.409 e. The second kappa shape index (κ2) is 5.83. The van der Waals surface area contributed by atoms with Crippen LogP contribution in [-0.2, 0) is 0 Å². The fraction of sp³-hybridized carbons (Fsp3) is 0.500. The van der Waals surface area contributed by atoms with Crippen LogP contribution >= 0.6 is 0 Å². The standard InChI is InChI=1S/C12H18N6O2/c1-18-4-2-12(3-5-18,11(13)17-20)16-10(19)9-6-14-8-15-7-9/h6-8,20H,2-5H2,1H3,(H2,13,17)(H,16,19). The van der Waals surface area contributed by atoms with Gasteiger partial charge in [0, 0.05) is 25.5 Å². The Morgan fingerprint density at radius 2 is 2.05 bits per heavy atom. The lowest BCUT2D eigenvalue weighted by atomic mass is 9.86. The molecule has 0 spiro atoms. The molecule has 0 aliphatic carbocycles. The lowest BCUT2D eigenvalue weighted by Gasteiger charge is -2.40. The van der Waals surface area contributed by atoms with Crippen molar-refractivity contribution in [1.82, 2.24) is 20.2 Å². The van der Waals surface area contributed by atoms with Crippen molar-refractivity contribution in [2.45, 2.75) is 18.4 Å².